The molecule has 0 spiro atoms. The number of nitrogens with one attached hydrogen (secondary N) is 1. The number of nitrogens with zero attached hydrogens (tertiary/aromatic N) is 1. The summed E-state index contributed by atoms with van der Waals surface area (Å²) < 4.78 is 68.2. The zero-order valence-corrected chi connectivity index (χ0v) is 21.9. The number of sulfone groups is 1. The number of para-hydroxylation sites is 1. The van der Waals surface area contributed by atoms with Crippen LogP contribution >= 0.6 is 23.2 Å². The van der Waals surface area contributed by atoms with E-state index < -0.39 is 27.9 Å². The highest BCUT2D eigenvalue weighted by molar-refractivity contribution is 7.91. The third kappa shape index (κ3) is 5.49. The van der Waals surface area contributed by atoms with Crippen molar-refractivity contribution in [3.63, 3.8) is 0 Å². The molecule has 1 atom stereocenters. The summed E-state index contributed by atoms with van der Waals surface area (Å²) >= 11 is 13.1. The third-order valence-corrected chi connectivity index (χ3v) is 8.94. The smallest absolute Gasteiger partial charge is 0.405 e. The third-order valence-electron chi connectivity index (χ3n) is 6.38. The van der Waals surface area contributed by atoms with Gasteiger partial charge in [-0.1, -0.05) is 53.5 Å². The molecule has 3 aromatic carbocycles. The number of hydrogen-bond donors (Lipinski definition) is 2. The maximum Gasteiger partial charge on any atom is 0.573 e. The van der Waals surface area contributed by atoms with Crippen molar-refractivity contribution in [3.8, 4) is 16.9 Å². The van der Waals surface area contributed by atoms with Crippen molar-refractivity contribution in [3.05, 3.63) is 76.0 Å². The van der Waals surface area contributed by atoms with Crippen molar-refractivity contribution in [2.75, 3.05) is 12.4 Å². The first kappa shape index (κ1) is 26.8. The lowest BCUT2D eigenvalue weighted by Gasteiger charge is -2.15. The highest BCUT2D eigenvalue weighted by Crippen LogP contribution is 2.44. The Morgan fingerprint density at radius 2 is 1.79 bits per heavy atom. The number of H-pyrrole nitrogens is 1. The monoisotopic (exact) mass is 584 g/mol. The van der Waals surface area contributed by atoms with E-state index in [1.54, 1.807) is 12.1 Å². The molecule has 1 unspecified atom stereocenters. The Morgan fingerprint density at radius 1 is 1.11 bits per heavy atom. The molecule has 0 aliphatic heterocycles. The molecule has 4 aromatic rings. The molecule has 1 heterocycles. The van der Waals surface area contributed by atoms with Gasteiger partial charge in [-0.25, -0.2) is 13.4 Å². The van der Waals surface area contributed by atoms with Gasteiger partial charge in [-0.05, 0) is 48.6 Å². The van der Waals surface area contributed by atoms with E-state index in [2.05, 4.69) is 14.7 Å². The first-order valence-corrected chi connectivity index (χ1v) is 14.0. The lowest BCUT2D eigenvalue weighted by molar-refractivity contribution is -0.274. The minimum Gasteiger partial charge on any atom is -0.405 e. The van der Waals surface area contributed by atoms with E-state index in [0.717, 1.165) is 18.9 Å². The summed E-state index contributed by atoms with van der Waals surface area (Å²) in [4.78, 5) is 7.81. The van der Waals surface area contributed by atoms with Gasteiger partial charge in [0.15, 0.2) is 9.84 Å². The number of alkyl halides is 3. The average Bonchev–Trinajstić information content (AvgIpc) is 3.55. The van der Waals surface area contributed by atoms with E-state index in [4.69, 9.17) is 23.2 Å². The van der Waals surface area contributed by atoms with E-state index in [9.17, 15) is 26.7 Å². The predicted molar refractivity (Wildman–Crippen MR) is 138 cm³/mol. The Kier molecular flexibility index (Phi) is 7.10. The molecule has 12 heteroatoms. The highest BCUT2D eigenvalue weighted by Gasteiger charge is 2.33. The van der Waals surface area contributed by atoms with E-state index in [0.29, 0.717) is 16.9 Å². The topological polar surface area (TPSA) is 92.3 Å². The fraction of sp³-hybridized carbons (Fsp3) is 0.269. The molecule has 38 heavy (non-hydrogen) atoms. The van der Waals surface area contributed by atoms with E-state index in [1.165, 1.54) is 36.4 Å². The number of aliphatic hydroxyl groups excluding tert-OH is 1. The molecule has 6 nitrogen and oxygen atoms in total. The van der Waals surface area contributed by atoms with Crippen LogP contribution in [-0.4, -0.2) is 42.2 Å². The van der Waals surface area contributed by atoms with Gasteiger partial charge in [0.1, 0.15) is 17.1 Å². The number of rotatable bonds is 8. The number of ether oxygens (including phenoxy) is 1. The van der Waals surface area contributed by atoms with Crippen molar-refractivity contribution in [2.24, 2.45) is 5.92 Å². The Labute approximate surface area is 226 Å². The van der Waals surface area contributed by atoms with Gasteiger partial charge < -0.3 is 14.8 Å². The molecule has 1 fully saturated rings. The maximum atomic E-state index is 13.0. The lowest BCUT2D eigenvalue weighted by Crippen LogP contribution is -2.17. The molecule has 1 saturated carbocycles. The Bertz CT molecular complexity index is 1600. The molecule has 5 rings (SSSR count). The van der Waals surface area contributed by atoms with Gasteiger partial charge in [-0.3, -0.25) is 0 Å². The van der Waals surface area contributed by atoms with Gasteiger partial charge in [0.05, 0.1) is 38.7 Å². The molecule has 0 amide bonds. The summed E-state index contributed by atoms with van der Waals surface area (Å²) in [7, 11) is -3.39. The minimum atomic E-state index is -4.92. The lowest BCUT2D eigenvalue weighted by atomic mass is 9.99. The van der Waals surface area contributed by atoms with Crippen molar-refractivity contribution in [1.82, 2.24) is 9.97 Å². The van der Waals surface area contributed by atoms with Gasteiger partial charge in [-0.2, -0.15) is 0 Å². The second-order valence-electron chi connectivity index (χ2n) is 9.14. The molecule has 1 aliphatic carbocycles. The molecule has 1 aliphatic rings. The van der Waals surface area contributed by atoms with Gasteiger partial charge in [-0.15, -0.1) is 13.2 Å². The molecule has 0 radical (unpaired) electrons. The first-order valence-electron chi connectivity index (χ1n) is 11.6. The van der Waals surface area contributed by atoms with Crippen LogP contribution in [0.5, 0.6) is 5.75 Å². The van der Waals surface area contributed by atoms with Crippen LogP contribution in [0.15, 0.2) is 59.5 Å². The first-order chi connectivity index (χ1) is 18.0. The largest absolute Gasteiger partial charge is 0.573 e. The number of aromatic amines is 1. The number of imidazole rings is 1. The SMILES string of the molecule is O=S(=O)(CC1CC1)c1ccc(C(CO)c2nc3c(Cl)c(-c4ccccc4OC(F)(F)F)c(Cl)cc3[nH]2)cc1. The summed E-state index contributed by atoms with van der Waals surface area (Å²) in [5, 5.41) is 10.2. The standard InChI is InChI=1S/C26H21Cl2F3N2O4S/c27-19-11-20-24(23(28)22(19)17-3-1-2-4-21(17)37-26(29,30)31)33-25(32-20)18(12-34)15-7-9-16(10-8-15)38(35,36)13-14-5-6-14/h1-4,7-11,14,18,34H,5-6,12-13H2,(H,32,33). The predicted octanol–water partition coefficient (Wildman–Crippen LogP) is 6.74. The summed E-state index contributed by atoms with van der Waals surface area (Å²) in [6.07, 6.45) is -3.07. The zero-order valence-electron chi connectivity index (χ0n) is 19.6. The molecule has 2 N–H and O–H groups in total. The van der Waals surface area contributed by atoms with Crippen LogP contribution in [0.25, 0.3) is 22.2 Å². The van der Waals surface area contributed by atoms with Crippen LogP contribution < -0.4 is 4.74 Å². The Morgan fingerprint density at radius 3 is 2.42 bits per heavy atom. The van der Waals surface area contributed by atoms with Crippen LogP contribution in [0.1, 0.15) is 30.1 Å². The summed E-state index contributed by atoms with van der Waals surface area (Å²) in [5.74, 6) is -0.455. The van der Waals surface area contributed by atoms with Gasteiger partial charge >= 0.3 is 6.36 Å². The second kappa shape index (κ2) is 10.1. The van der Waals surface area contributed by atoms with Crippen LogP contribution in [-0.2, 0) is 9.84 Å². The number of halogens is 5. The van der Waals surface area contributed by atoms with Crippen LogP contribution in [0.3, 0.4) is 0 Å². The Balaban J connectivity index is 1.51. The normalized spacial score (nSPS) is 15.1. The van der Waals surface area contributed by atoms with Gasteiger partial charge in [0, 0.05) is 11.1 Å². The quantitative estimate of drug-likeness (QED) is 0.239. The van der Waals surface area contributed by atoms with Gasteiger partial charge in [0.2, 0.25) is 0 Å². The number of benzene rings is 3. The number of hydrogen-bond acceptors (Lipinski definition) is 5. The number of fused-ring (bicyclic) bond motifs is 1. The highest BCUT2D eigenvalue weighted by atomic mass is 35.5. The van der Waals surface area contributed by atoms with Crippen molar-refractivity contribution in [1.29, 1.82) is 0 Å². The van der Waals surface area contributed by atoms with Gasteiger partial charge in [0.25, 0.3) is 0 Å². The van der Waals surface area contributed by atoms with E-state index in [1.807, 2.05) is 0 Å². The molecule has 0 saturated heterocycles. The van der Waals surface area contributed by atoms with Crippen LogP contribution in [0, 0.1) is 5.92 Å². The van der Waals surface area contributed by atoms with E-state index in [-0.39, 0.29) is 49.9 Å². The second-order valence-corrected chi connectivity index (χ2v) is 12.0. The summed E-state index contributed by atoms with van der Waals surface area (Å²) in [6.45, 7) is -0.353. The van der Waals surface area contributed by atoms with E-state index >= 15 is 0 Å². The molecule has 200 valence electrons. The fourth-order valence-electron chi connectivity index (χ4n) is 4.35. The Hall–Kier alpha value is -2.79. The summed E-state index contributed by atoms with van der Waals surface area (Å²) in [6, 6.07) is 13.2. The van der Waals surface area contributed by atoms with Crippen LogP contribution in [0.2, 0.25) is 10.0 Å². The molecular formula is C26H21Cl2F3N2O4S. The van der Waals surface area contributed by atoms with Crippen molar-refractivity contribution in [2.45, 2.75) is 30.0 Å². The molecular weight excluding hydrogens is 564 g/mol. The molecule has 1 aromatic heterocycles. The summed E-state index contributed by atoms with van der Waals surface area (Å²) in [5.41, 5.74) is 1.42. The number of aromatic nitrogens is 2. The maximum absolute atomic E-state index is 13.0. The fourth-order valence-corrected chi connectivity index (χ4v) is 6.75. The number of aliphatic hydroxyl groups is 1. The van der Waals surface area contributed by atoms with Crippen molar-refractivity contribution < 1.29 is 31.4 Å². The average molecular weight is 585 g/mol. The zero-order chi connectivity index (χ0) is 27.2. The minimum absolute atomic E-state index is 0.00596. The molecule has 0 bridgehead atoms. The van der Waals surface area contributed by atoms with Crippen LogP contribution in [0.4, 0.5) is 13.2 Å². The van der Waals surface area contributed by atoms with Crippen molar-refractivity contribution >= 4 is 44.1 Å².